The van der Waals surface area contributed by atoms with Gasteiger partial charge in [-0.2, -0.15) is 4.99 Å². The SMILES string of the molecule is CSC(=S)N1CC2(CCCCC2)COC1=Nc1ccc(Cl)c2c1OCCO2. The predicted octanol–water partition coefficient (Wildman–Crippen LogP) is 5.03. The fraction of sp³-hybridized carbons (Fsp3) is 0.579. The Morgan fingerprint density at radius 3 is 2.63 bits per heavy atom. The van der Waals surface area contributed by atoms with Crippen LogP contribution in [0.2, 0.25) is 5.02 Å². The zero-order valence-corrected chi connectivity index (χ0v) is 17.7. The normalized spacial score (nSPS) is 22.6. The van der Waals surface area contributed by atoms with Crippen LogP contribution in [0.1, 0.15) is 32.1 Å². The molecule has 4 rings (SSSR count). The Kier molecular flexibility index (Phi) is 5.71. The number of aliphatic imine (C=N–C) groups is 1. The van der Waals surface area contributed by atoms with Crippen LogP contribution in [-0.2, 0) is 4.74 Å². The lowest BCUT2D eigenvalue weighted by Gasteiger charge is -2.45. The number of hydrogen-bond donors (Lipinski definition) is 0. The fourth-order valence-corrected chi connectivity index (χ4v) is 4.68. The van der Waals surface area contributed by atoms with Crippen molar-refractivity contribution >= 4 is 51.6 Å². The van der Waals surface area contributed by atoms with Crippen LogP contribution in [0.3, 0.4) is 0 Å². The van der Waals surface area contributed by atoms with Crippen LogP contribution in [0.4, 0.5) is 5.69 Å². The van der Waals surface area contributed by atoms with Gasteiger partial charge in [0, 0.05) is 12.0 Å². The minimum atomic E-state index is 0.177. The van der Waals surface area contributed by atoms with Crippen molar-refractivity contribution in [3.05, 3.63) is 17.2 Å². The summed E-state index contributed by atoms with van der Waals surface area (Å²) in [6.07, 6.45) is 8.17. The minimum absolute atomic E-state index is 0.177. The van der Waals surface area contributed by atoms with Crippen molar-refractivity contribution in [3.8, 4) is 11.5 Å². The summed E-state index contributed by atoms with van der Waals surface area (Å²) in [6, 6.07) is 4.14. The number of thioether (sulfide) groups is 1. The number of nitrogens with zero attached hydrogens (tertiary/aromatic N) is 2. The van der Waals surface area contributed by atoms with Gasteiger partial charge in [0.1, 0.15) is 23.2 Å². The van der Waals surface area contributed by atoms with E-state index in [-0.39, 0.29) is 5.41 Å². The molecule has 1 saturated carbocycles. The molecule has 2 fully saturated rings. The molecule has 27 heavy (non-hydrogen) atoms. The van der Waals surface area contributed by atoms with Gasteiger partial charge in [0.05, 0.1) is 11.6 Å². The molecule has 1 saturated heterocycles. The van der Waals surface area contributed by atoms with E-state index >= 15 is 0 Å². The predicted molar refractivity (Wildman–Crippen MR) is 114 cm³/mol. The van der Waals surface area contributed by atoms with Crippen molar-refractivity contribution in [1.82, 2.24) is 4.90 Å². The van der Waals surface area contributed by atoms with Crippen molar-refractivity contribution in [2.75, 3.05) is 32.6 Å². The van der Waals surface area contributed by atoms with Crippen LogP contribution in [-0.4, -0.2) is 47.9 Å². The Labute approximate surface area is 174 Å². The molecule has 0 atom stereocenters. The summed E-state index contributed by atoms with van der Waals surface area (Å²) in [5.41, 5.74) is 0.827. The maximum absolute atomic E-state index is 6.24. The lowest BCUT2D eigenvalue weighted by atomic mass is 9.74. The number of amidine groups is 1. The Bertz CT molecular complexity index is 766. The molecule has 0 unspecified atom stereocenters. The van der Waals surface area contributed by atoms with Gasteiger partial charge >= 0.3 is 0 Å². The van der Waals surface area contributed by atoms with Gasteiger partial charge in [-0.05, 0) is 31.2 Å². The molecular weight excluding hydrogens is 404 g/mol. The van der Waals surface area contributed by atoms with E-state index in [2.05, 4.69) is 0 Å². The average molecular weight is 427 g/mol. The van der Waals surface area contributed by atoms with Crippen LogP contribution in [0.5, 0.6) is 11.5 Å². The molecule has 2 heterocycles. The molecule has 0 N–H and O–H groups in total. The van der Waals surface area contributed by atoms with E-state index in [1.165, 1.54) is 32.1 Å². The summed E-state index contributed by atoms with van der Waals surface area (Å²) in [5.74, 6) is 1.11. The second-order valence-electron chi connectivity index (χ2n) is 7.22. The van der Waals surface area contributed by atoms with Gasteiger partial charge in [-0.15, -0.1) is 0 Å². The van der Waals surface area contributed by atoms with Gasteiger partial charge in [-0.25, -0.2) is 0 Å². The summed E-state index contributed by atoms with van der Waals surface area (Å²) in [6.45, 7) is 2.50. The van der Waals surface area contributed by atoms with Crippen LogP contribution in [0.15, 0.2) is 17.1 Å². The lowest BCUT2D eigenvalue weighted by molar-refractivity contribution is 0.0347. The molecule has 8 heteroatoms. The highest BCUT2D eigenvalue weighted by Crippen LogP contribution is 2.45. The van der Waals surface area contributed by atoms with Crippen LogP contribution in [0, 0.1) is 5.41 Å². The smallest absolute Gasteiger partial charge is 0.298 e. The maximum atomic E-state index is 6.24. The molecule has 1 aromatic carbocycles. The summed E-state index contributed by atoms with van der Waals surface area (Å²) in [4.78, 5) is 6.80. The second-order valence-corrected chi connectivity index (χ2v) is 9.07. The summed E-state index contributed by atoms with van der Waals surface area (Å²) >= 11 is 13.4. The Hall–Kier alpha value is -1.18. The number of hydrogen-bond acceptors (Lipinski definition) is 6. The maximum Gasteiger partial charge on any atom is 0.298 e. The highest BCUT2D eigenvalue weighted by atomic mass is 35.5. The van der Waals surface area contributed by atoms with Gasteiger partial charge < -0.3 is 14.2 Å². The zero-order valence-electron chi connectivity index (χ0n) is 15.3. The number of fused-ring (bicyclic) bond motifs is 1. The first-order valence-electron chi connectivity index (χ1n) is 9.27. The van der Waals surface area contributed by atoms with Crippen LogP contribution < -0.4 is 9.47 Å². The molecule has 0 aromatic heterocycles. The highest BCUT2D eigenvalue weighted by Gasteiger charge is 2.41. The lowest BCUT2D eigenvalue weighted by Crippen LogP contribution is -2.52. The standard InChI is InChI=1S/C19H23ClN2O3S2/c1-27-18(26)22-11-19(7-3-2-4-8-19)12-25-17(22)21-14-6-5-13(20)15-16(14)24-10-9-23-15/h5-6H,2-4,7-12H2,1H3. The topological polar surface area (TPSA) is 43.3 Å². The van der Waals surface area contributed by atoms with Crippen molar-refractivity contribution < 1.29 is 14.2 Å². The van der Waals surface area contributed by atoms with E-state index in [1.807, 2.05) is 17.2 Å². The number of thiocarbonyl (C=S) groups is 1. The number of halogens is 1. The Morgan fingerprint density at radius 2 is 1.89 bits per heavy atom. The average Bonchev–Trinajstić information content (AvgIpc) is 2.71. The molecule has 2 aliphatic heterocycles. The molecule has 0 bridgehead atoms. The molecular formula is C19H23ClN2O3S2. The van der Waals surface area contributed by atoms with E-state index in [1.54, 1.807) is 17.8 Å². The number of ether oxygens (including phenoxy) is 3. The third-order valence-corrected chi connectivity index (χ3v) is 6.96. The molecule has 3 aliphatic rings. The largest absolute Gasteiger partial charge is 0.484 e. The van der Waals surface area contributed by atoms with Gasteiger partial charge in [0.25, 0.3) is 6.02 Å². The molecule has 0 radical (unpaired) electrons. The molecule has 1 aromatic rings. The van der Waals surface area contributed by atoms with Crippen molar-refractivity contribution in [1.29, 1.82) is 0 Å². The molecule has 1 aliphatic carbocycles. The molecule has 146 valence electrons. The van der Waals surface area contributed by atoms with Gasteiger partial charge in [0.2, 0.25) is 0 Å². The van der Waals surface area contributed by atoms with E-state index < -0.39 is 0 Å². The monoisotopic (exact) mass is 426 g/mol. The quantitative estimate of drug-likeness (QED) is 0.587. The summed E-state index contributed by atoms with van der Waals surface area (Å²) in [5, 5.41) is 0.524. The van der Waals surface area contributed by atoms with E-state index in [4.69, 9.17) is 43.0 Å². The minimum Gasteiger partial charge on any atom is -0.484 e. The van der Waals surface area contributed by atoms with Crippen molar-refractivity contribution in [2.24, 2.45) is 10.4 Å². The number of rotatable bonds is 1. The van der Waals surface area contributed by atoms with Crippen LogP contribution in [0.25, 0.3) is 0 Å². The summed E-state index contributed by atoms with van der Waals surface area (Å²) < 4.78 is 18.4. The molecule has 1 spiro atoms. The first-order valence-corrected chi connectivity index (χ1v) is 11.3. The highest BCUT2D eigenvalue weighted by molar-refractivity contribution is 8.22. The van der Waals surface area contributed by atoms with Crippen LogP contribution >= 0.6 is 35.6 Å². The Morgan fingerprint density at radius 1 is 1.15 bits per heavy atom. The third kappa shape index (κ3) is 3.87. The summed E-state index contributed by atoms with van der Waals surface area (Å²) in [7, 11) is 0. The molecule has 0 amide bonds. The van der Waals surface area contributed by atoms with Crippen molar-refractivity contribution in [3.63, 3.8) is 0 Å². The zero-order chi connectivity index (χ0) is 18.9. The van der Waals surface area contributed by atoms with E-state index in [9.17, 15) is 0 Å². The van der Waals surface area contributed by atoms with Crippen molar-refractivity contribution in [2.45, 2.75) is 32.1 Å². The molecule has 5 nitrogen and oxygen atoms in total. The van der Waals surface area contributed by atoms with Gasteiger partial charge in [-0.3, -0.25) is 4.90 Å². The van der Waals surface area contributed by atoms with E-state index in [0.29, 0.717) is 48.1 Å². The number of benzene rings is 1. The third-order valence-electron chi connectivity index (χ3n) is 5.38. The second kappa shape index (κ2) is 8.05. The van der Waals surface area contributed by atoms with Gasteiger partial charge in [-0.1, -0.05) is 54.8 Å². The van der Waals surface area contributed by atoms with E-state index in [0.717, 1.165) is 10.9 Å². The first-order chi connectivity index (χ1) is 13.1. The first kappa shape index (κ1) is 19.2. The van der Waals surface area contributed by atoms with Gasteiger partial charge in [0.15, 0.2) is 11.5 Å². The Balaban J connectivity index is 1.67. The fourth-order valence-electron chi connectivity index (χ4n) is 3.97.